The summed E-state index contributed by atoms with van der Waals surface area (Å²) in [7, 11) is 0. The molecule has 1 heterocycles. The Morgan fingerprint density at radius 2 is 1.68 bits per heavy atom. The number of likely N-dealkylation sites (tertiary alicyclic amines) is 1. The van der Waals surface area contributed by atoms with Crippen LogP contribution in [0.25, 0.3) is 0 Å². The van der Waals surface area contributed by atoms with Gasteiger partial charge in [-0.25, -0.2) is 0 Å². The van der Waals surface area contributed by atoms with Gasteiger partial charge in [0.15, 0.2) is 0 Å². The Hall–Kier alpha value is -0.610. The van der Waals surface area contributed by atoms with E-state index < -0.39 is 0 Å². The number of hydrogen-bond donors (Lipinski definition) is 2. The maximum atomic E-state index is 11.1. The van der Waals surface area contributed by atoms with Crippen molar-refractivity contribution in [3.05, 3.63) is 0 Å². The van der Waals surface area contributed by atoms with Crippen LogP contribution >= 0.6 is 0 Å². The summed E-state index contributed by atoms with van der Waals surface area (Å²) in [6.45, 7) is 5.97. The van der Waals surface area contributed by atoms with Crippen LogP contribution in [-0.2, 0) is 4.79 Å². The number of nitrogens with two attached hydrogens (primary N) is 1. The van der Waals surface area contributed by atoms with Gasteiger partial charge in [-0.15, -0.1) is 0 Å². The lowest BCUT2D eigenvalue weighted by Gasteiger charge is -2.36. The zero-order chi connectivity index (χ0) is 13.7. The third kappa shape index (κ3) is 4.46. The Morgan fingerprint density at radius 3 is 2.21 bits per heavy atom. The topological polar surface area (TPSA) is 58.4 Å². The summed E-state index contributed by atoms with van der Waals surface area (Å²) in [6.07, 6.45) is 7.98. The lowest BCUT2D eigenvalue weighted by atomic mass is 9.85. The van der Waals surface area contributed by atoms with E-state index in [9.17, 15) is 4.79 Å². The minimum absolute atomic E-state index is 0.105. The SMILES string of the molecule is CCCN1CCC(NC2CCC(C(N)=O)CC2)CC1. The summed E-state index contributed by atoms with van der Waals surface area (Å²) < 4.78 is 0. The quantitative estimate of drug-likeness (QED) is 0.793. The third-order valence-corrected chi connectivity index (χ3v) is 4.73. The molecule has 1 saturated heterocycles. The van der Waals surface area contributed by atoms with Crippen LogP contribution in [0.15, 0.2) is 0 Å². The van der Waals surface area contributed by atoms with Crippen molar-refractivity contribution in [2.75, 3.05) is 19.6 Å². The monoisotopic (exact) mass is 267 g/mol. The normalized spacial score (nSPS) is 30.4. The Morgan fingerprint density at radius 1 is 1.11 bits per heavy atom. The van der Waals surface area contributed by atoms with E-state index in [4.69, 9.17) is 5.73 Å². The Kier molecular flexibility index (Phi) is 5.64. The van der Waals surface area contributed by atoms with Gasteiger partial charge in [0.05, 0.1) is 0 Å². The van der Waals surface area contributed by atoms with Crippen LogP contribution in [0.5, 0.6) is 0 Å². The van der Waals surface area contributed by atoms with Crippen molar-refractivity contribution in [2.24, 2.45) is 11.7 Å². The van der Waals surface area contributed by atoms with Crippen molar-refractivity contribution in [3.63, 3.8) is 0 Å². The average Bonchev–Trinajstić information content (AvgIpc) is 2.42. The average molecular weight is 267 g/mol. The molecular weight excluding hydrogens is 238 g/mol. The summed E-state index contributed by atoms with van der Waals surface area (Å²) in [5.41, 5.74) is 5.38. The molecule has 4 heteroatoms. The molecule has 0 spiro atoms. The predicted molar refractivity (Wildman–Crippen MR) is 77.8 cm³/mol. The zero-order valence-electron chi connectivity index (χ0n) is 12.2. The lowest BCUT2D eigenvalue weighted by molar-refractivity contribution is -0.122. The maximum absolute atomic E-state index is 11.1. The van der Waals surface area contributed by atoms with Gasteiger partial charge in [-0.3, -0.25) is 4.79 Å². The fourth-order valence-electron chi connectivity index (χ4n) is 3.52. The fraction of sp³-hybridized carbons (Fsp3) is 0.933. The first-order valence-electron chi connectivity index (χ1n) is 7.96. The summed E-state index contributed by atoms with van der Waals surface area (Å²) >= 11 is 0. The smallest absolute Gasteiger partial charge is 0.220 e. The number of carbonyl (C=O) groups excluding carboxylic acids is 1. The molecule has 1 amide bonds. The number of nitrogens with zero attached hydrogens (tertiary/aromatic N) is 1. The second kappa shape index (κ2) is 7.25. The molecule has 2 aliphatic rings. The Bertz CT molecular complexity index is 279. The van der Waals surface area contributed by atoms with Gasteiger partial charge in [-0.1, -0.05) is 6.92 Å². The van der Waals surface area contributed by atoms with Gasteiger partial charge in [0.2, 0.25) is 5.91 Å². The van der Waals surface area contributed by atoms with Crippen LogP contribution in [0.3, 0.4) is 0 Å². The molecule has 2 rings (SSSR count). The number of carbonyl (C=O) groups is 1. The number of rotatable bonds is 5. The van der Waals surface area contributed by atoms with Crippen LogP contribution in [0.2, 0.25) is 0 Å². The van der Waals surface area contributed by atoms with E-state index in [0.717, 1.165) is 25.7 Å². The second-order valence-corrected chi connectivity index (χ2v) is 6.23. The molecule has 0 unspecified atom stereocenters. The summed E-state index contributed by atoms with van der Waals surface area (Å²) in [5, 5.41) is 3.80. The number of nitrogens with one attached hydrogen (secondary N) is 1. The van der Waals surface area contributed by atoms with Gasteiger partial charge in [-0.2, -0.15) is 0 Å². The van der Waals surface area contributed by atoms with E-state index in [1.54, 1.807) is 0 Å². The minimum Gasteiger partial charge on any atom is -0.369 e. The van der Waals surface area contributed by atoms with E-state index >= 15 is 0 Å². The van der Waals surface area contributed by atoms with Crippen molar-refractivity contribution < 1.29 is 4.79 Å². The number of primary amides is 1. The molecule has 2 fully saturated rings. The van der Waals surface area contributed by atoms with Crippen LogP contribution in [0.4, 0.5) is 0 Å². The fourth-order valence-corrected chi connectivity index (χ4v) is 3.52. The van der Waals surface area contributed by atoms with Gasteiger partial charge in [-0.05, 0) is 64.6 Å². The predicted octanol–water partition coefficient (Wildman–Crippen LogP) is 1.49. The number of hydrogen-bond acceptors (Lipinski definition) is 3. The van der Waals surface area contributed by atoms with E-state index in [0.29, 0.717) is 12.1 Å². The molecule has 1 aliphatic heterocycles. The summed E-state index contributed by atoms with van der Waals surface area (Å²) in [5.74, 6) is 0.0239. The Labute approximate surface area is 117 Å². The molecular formula is C15H29N3O. The van der Waals surface area contributed by atoms with Gasteiger partial charge in [0, 0.05) is 18.0 Å². The molecule has 0 atom stereocenters. The van der Waals surface area contributed by atoms with Gasteiger partial charge in [0.25, 0.3) is 0 Å². The van der Waals surface area contributed by atoms with Crippen molar-refractivity contribution >= 4 is 5.91 Å². The first kappa shape index (κ1) is 14.8. The second-order valence-electron chi connectivity index (χ2n) is 6.23. The maximum Gasteiger partial charge on any atom is 0.220 e. The van der Waals surface area contributed by atoms with Crippen molar-refractivity contribution in [3.8, 4) is 0 Å². The summed E-state index contributed by atoms with van der Waals surface area (Å²) in [6, 6.07) is 1.29. The van der Waals surface area contributed by atoms with Crippen LogP contribution in [0, 0.1) is 5.92 Å². The molecule has 110 valence electrons. The minimum atomic E-state index is -0.105. The summed E-state index contributed by atoms with van der Waals surface area (Å²) in [4.78, 5) is 13.7. The van der Waals surface area contributed by atoms with Crippen LogP contribution in [-0.4, -0.2) is 42.5 Å². The molecule has 0 bridgehead atoms. The van der Waals surface area contributed by atoms with E-state index in [2.05, 4.69) is 17.1 Å². The molecule has 4 nitrogen and oxygen atoms in total. The highest BCUT2D eigenvalue weighted by atomic mass is 16.1. The molecule has 1 saturated carbocycles. The number of amides is 1. The van der Waals surface area contributed by atoms with E-state index in [-0.39, 0.29) is 11.8 Å². The molecule has 0 aromatic carbocycles. The van der Waals surface area contributed by atoms with E-state index in [1.165, 1.54) is 38.9 Å². The molecule has 0 aromatic rings. The molecule has 3 N–H and O–H groups in total. The lowest BCUT2D eigenvalue weighted by Crippen LogP contribution is -2.47. The van der Waals surface area contributed by atoms with Gasteiger partial charge < -0.3 is 16.0 Å². The number of piperidine rings is 1. The Balaban J connectivity index is 1.65. The largest absolute Gasteiger partial charge is 0.369 e. The highest BCUT2D eigenvalue weighted by molar-refractivity contribution is 5.76. The van der Waals surface area contributed by atoms with Crippen LogP contribution < -0.4 is 11.1 Å². The highest BCUT2D eigenvalue weighted by Crippen LogP contribution is 2.25. The highest BCUT2D eigenvalue weighted by Gasteiger charge is 2.27. The zero-order valence-corrected chi connectivity index (χ0v) is 12.2. The van der Waals surface area contributed by atoms with Crippen molar-refractivity contribution in [2.45, 2.75) is 64.0 Å². The van der Waals surface area contributed by atoms with E-state index in [1.807, 2.05) is 0 Å². The van der Waals surface area contributed by atoms with Gasteiger partial charge in [0.1, 0.15) is 0 Å². The standard InChI is InChI=1S/C15H29N3O/c1-2-9-18-10-7-14(8-11-18)17-13-5-3-12(4-6-13)15(16)19/h12-14,17H,2-11H2,1H3,(H2,16,19). The molecule has 19 heavy (non-hydrogen) atoms. The molecule has 1 aliphatic carbocycles. The molecule has 0 aromatic heterocycles. The molecule has 0 radical (unpaired) electrons. The first-order valence-corrected chi connectivity index (χ1v) is 7.96. The van der Waals surface area contributed by atoms with Gasteiger partial charge >= 0.3 is 0 Å². The van der Waals surface area contributed by atoms with Crippen molar-refractivity contribution in [1.29, 1.82) is 0 Å². The third-order valence-electron chi connectivity index (χ3n) is 4.73. The first-order chi connectivity index (χ1) is 9.19. The van der Waals surface area contributed by atoms with Crippen molar-refractivity contribution in [1.82, 2.24) is 10.2 Å². The van der Waals surface area contributed by atoms with Crippen LogP contribution in [0.1, 0.15) is 51.9 Å².